The van der Waals surface area contributed by atoms with Gasteiger partial charge in [0, 0.05) is 37.0 Å². The maximum absolute atomic E-state index is 12.0. The second kappa shape index (κ2) is 7.75. The molecule has 0 aliphatic carbocycles. The van der Waals surface area contributed by atoms with E-state index in [1.165, 1.54) is 31.0 Å². The van der Waals surface area contributed by atoms with E-state index in [1.54, 1.807) is 11.0 Å². The summed E-state index contributed by atoms with van der Waals surface area (Å²) in [6, 6.07) is 4.61. The molecule has 10 heteroatoms. The number of anilines is 2. The highest BCUT2D eigenvalue weighted by molar-refractivity contribution is 8.13. The van der Waals surface area contributed by atoms with Crippen LogP contribution in [0.25, 0.3) is 0 Å². The number of carbonyl (C=O) groups is 2. The van der Waals surface area contributed by atoms with Gasteiger partial charge in [-0.2, -0.15) is 0 Å². The summed E-state index contributed by atoms with van der Waals surface area (Å²) in [6.07, 6.45) is 1.23. The van der Waals surface area contributed by atoms with Gasteiger partial charge in [0.25, 0.3) is 5.24 Å². The molecule has 0 atom stereocenters. The van der Waals surface area contributed by atoms with E-state index in [0.29, 0.717) is 24.5 Å². The van der Waals surface area contributed by atoms with Gasteiger partial charge in [-0.15, -0.1) is 0 Å². The first kappa shape index (κ1) is 18.4. The lowest BCUT2D eigenvalue weighted by Crippen LogP contribution is -2.27. The fraction of sp³-hybridized carbons (Fsp3) is 0.429. The Bertz CT molecular complexity index is 736. The van der Waals surface area contributed by atoms with Gasteiger partial charge in [-0.25, -0.2) is 8.42 Å². The Balaban J connectivity index is 1.96. The molecule has 1 aliphatic rings. The van der Waals surface area contributed by atoms with Crippen molar-refractivity contribution in [1.82, 2.24) is 4.90 Å². The number of nitrogens with zero attached hydrogens (tertiary/aromatic N) is 1. The van der Waals surface area contributed by atoms with E-state index in [4.69, 9.17) is 4.74 Å². The molecular formula is C14H19N3O5S2. The molecule has 2 amide bonds. The normalized spacial score (nSPS) is 14.6. The van der Waals surface area contributed by atoms with Crippen LogP contribution in [-0.2, 0) is 14.8 Å². The molecule has 1 aromatic carbocycles. The number of hydrogen-bond acceptors (Lipinski definition) is 6. The average molecular weight is 373 g/mol. The highest BCUT2D eigenvalue weighted by Gasteiger charge is 2.21. The summed E-state index contributed by atoms with van der Waals surface area (Å²) in [4.78, 5) is 25.1. The molecule has 0 unspecified atom stereocenters. The van der Waals surface area contributed by atoms with E-state index in [0.717, 1.165) is 12.0 Å². The third kappa shape index (κ3) is 5.31. The monoisotopic (exact) mass is 373 g/mol. The van der Waals surface area contributed by atoms with E-state index in [9.17, 15) is 18.0 Å². The summed E-state index contributed by atoms with van der Waals surface area (Å²) < 4.78 is 30.1. The molecule has 2 N–H and O–H groups in total. The Kier molecular flexibility index (Phi) is 5.94. The van der Waals surface area contributed by atoms with Gasteiger partial charge >= 0.3 is 0 Å². The maximum atomic E-state index is 12.0. The van der Waals surface area contributed by atoms with Crippen LogP contribution in [0.5, 0.6) is 5.75 Å². The van der Waals surface area contributed by atoms with Crippen LogP contribution in [0.1, 0.15) is 6.42 Å². The van der Waals surface area contributed by atoms with Crippen LogP contribution in [-0.4, -0.2) is 56.7 Å². The molecule has 1 saturated heterocycles. The molecule has 1 heterocycles. The minimum absolute atomic E-state index is 0.000622. The van der Waals surface area contributed by atoms with E-state index < -0.39 is 10.0 Å². The molecular weight excluding hydrogens is 354 g/mol. The molecule has 0 spiro atoms. The number of sulfonamides is 1. The predicted molar refractivity (Wildman–Crippen MR) is 94.1 cm³/mol. The topological polar surface area (TPSA) is 105 Å². The Morgan fingerprint density at radius 1 is 1.42 bits per heavy atom. The lowest BCUT2D eigenvalue weighted by Gasteiger charge is -2.15. The molecule has 0 radical (unpaired) electrons. The highest BCUT2D eigenvalue weighted by Crippen LogP contribution is 2.28. The number of hydrogen-bond donors (Lipinski definition) is 2. The van der Waals surface area contributed by atoms with Crippen LogP contribution in [0.4, 0.5) is 16.2 Å². The van der Waals surface area contributed by atoms with Crippen molar-refractivity contribution in [3.63, 3.8) is 0 Å². The molecule has 1 fully saturated rings. The van der Waals surface area contributed by atoms with Crippen molar-refractivity contribution in [2.45, 2.75) is 6.42 Å². The molecule has 24 heavy (non-hydrogen) atoms. The zero-order chi connectivity index (χ0) is 17.7. The van der Waals surface area contributed by atoms with Gasteiger partial charge in [0.05, 0.1) is 19.1 Å². The van der Waals surface area contributed by atoms with Gasteiger partial charge in [-0.1, -0.05) is 11.8 Å². The first-order valence-corrected chi connectivity index (χ1v) is 10.0. The van der Waals surface area contributed by atoms with Crippen molar-refractivity contribution < 1.29 is 22.7 Å². The average Bonchev–Trinajstić information content (AvgIpc) is 2.90. The minimum Gasteiger partial charge on any atom is -0.494 e. The van der Waals surface area contributed by atoms with E-state index in [1.807, 2.05) is 0 Å². The third-order valence-corrected chi connectivity index (χ3v) is 4.72. The number of rotatable bonds is 7. The van der Waals surface area contributed by atoms with Gasteiger partial charge in [-0.05, 0) is 12.1 Å². The third-order valence-electron chi connectivity index (χ3n) is 3.23. The zero-order valence-electron chi connectivity index (χ0n) is 13.4. The van der Waals surface area contributed by atoms with Gasteiger partial charge in [0.1, 0.15) is 5.75 Å². The summed E-state index contributed by atoms with van der Waals surface area (Å²) in [5, 5.41) is 2.71. The minimum atomic E-state index is -3.43. The van der Waals surface area contributed by atoms with Crippen LogP contribution < -0.4 is 14.8 Å². The highest BCUT2D eigenvalue weighted by atomic mass is 32.2. The Labute approximate surface area is 145 Å². The van der Waals surface area contributed by atoms with Crippen LogP contribution >= 0.6 is 11.8 Å². The molecule has 132 valence electrons. The van der Waals surface area contributed by atoms with Crippen LogP contribution in [0.2, 0.25) is 0 Å². The van der Waals surface area contributed by atoms with Gasteiger partial charge < -0.3 is 15.0 Å². The van der Waals surface area contributed by atoms with Crippen molar-refractivity contribution >= 4 is 44.3 Å². The molecule has 1 aliphatic heterocycles. The molecule has 0 bridgehead atoms. The summed E-state index contributed by atoms with van der Waals surface area (Å²) in [5.74, 6) is 0.821. The van der Waals surface area contributed by atoms with Gasteiger partial charge in [0.15, 0.2) is 0 Å². The maximum Gasteiger partial charge on any atom is 0.281 e. The summed E-state index contributed by atoms with van der Waals surface area (Å²) in [5.41, 5.74) is 0.774. The molecule has 8 nitrogen and oxygen atoms in total. The predicted octanol–water partition coefficient (Wildman–Crippen LogP) is 1.56. The summed E-state index contributed by atoms with van der Waals surface area (Å²) >= 11 is 1.25. The van der Waals surface area contributed by atoms with Crippen molar-refractivity contribution in [2.24, 2.45) is 0 Å². The van der Waals surface area contributed by atoms with Crippen molar-refractivity contribution in [3.8, 4) is 5.75 Å². The number of benzene rings is 1. The zero-order valence-corrected chi connectivity index (χ0v) is 15.0. The first-order chi connectivity index (χ1) is 11.3. The lowest BCUT2D eigenvalue weighted by atomic mass is 10.2. The fourth-order valence-corrected chi connectivity index (χ4v) is 3.56. The SMILES string of the molecule is COc1cc(NC(=O)CCN2CCSC2=O)ccc1NS(C)(=O)=O. The number of amides is 2. The largest absolute Gasteiger partial charge is 0.494 e. The molecule has 0 aromatic heterocycles. The van der Waals surface area contributed by atoms with E-state index in [2.05, 4.69) is 10.0 Å². The smallest absolute Gasteiger partial charge is 0.281 e. The Morgan fingerprint density at radius 3 is 2.75 bits per heavy atom. The van der Waals surface area contributed by atoms with E-state index >= 15 is 0 Å². The number of methoxy groups -OCH3 is 1. The van der Waals surface area contributed by atoms with Crippen molar-refractivity contribution in [1.29, 1.82) is 0 Å². The van der Waals surface area contributed by atoms with Crippen molar-refractivity contribution in [3.05, 3.63) is 18.2 Å². The fourth-order valence-electron chi connectivity index (χ4n) is 2.14. The second-order valence-corrected chi connectivity index (χ2v) is 7.98. The molecule has 0 saturated carbocycles. The van der Waals surface area contributed by atoms with E-state index in [-0.39, 0.29) is 23.3 Å². The van der Waals surface area contributed by atoms with Crippen LogP contribution in [0.15, 0.2) is 18.2 Å². The van der Waals surface area contributed by atoms with Gasteiger partial charge in [0.2, 0.25) is 15.9 Å². The lowest BCUT2D eigenvalue weighted by molar-refractivity contribution is -0.116. The molecule has 1 aromatic rings. The molecule has 2 rings (SSSR count). The summed E-state index contributed by atoms with van der Waals surface area (Å²) in [6.45, 7) is 1.04. The van der Waals surface area contributed by atoms with Crippen molar-refractivity contribution in [2.75, 3.05) is 42.2 Å². The quantitative estimate of drug-likeness (QED) is 0.752. The Hall–Kier alpha value is -1.94. The number of thioether (sulfide) groups is 1. The first-order valence-electron chi connectivity index (χ1n) is 7.16. The second-order valence-electron chi connectivity index (χ2n) is 5.19. The summed E-state index contributed by atoms with van der Waals surface area (Å²) in [7, 11) is -2.02. The van der Waals surface area contributed by atoms with Crippen LogP contribution in [0.3, 0.4) is 0 Å². The van der Waals surface area contributed by atoms with Crippen LogP contribution in [0, 0.1) is 0 Å². The number of nitrogens with one attached hydrogen (secondary N) is 2. The van der Waals surface area contributed by atoms with Gasteiger partial charge in [-0.3, -0.25) is 14.3 Å². The number of ether oxygens (including phenoxy) is 1. The Morgan fingerprint density at radius 2 is 2.17 bits per heavy atom. The number of carbonyl (C=O) groups excluding carboxylic acids is 2. The standard InChI is InChI=1S/C14H19N3O5S2/c1-22-12-9-10(3-4-11(12)16-24(2,20)21)15-13(18)5-6-17-7-8-23-14(17)19/h3-4,9,16H,5-8H2,1-2H3,(H,15,18).